The highest BCUT2D eigenvalue weighted by molar-refractivity contribution is 6.27. The molecule has 4 atom stereocenters. The van der Waals surface area contributed by atoms with E-state index in [-0.39, 0.29) is 0 Å². The molecule has 3 N–H and O–H groups in total. The third-order valence-corrected chi connectivity index (χ3v) is 3.33. The van der Waals surface area contributed by atoms with E-state index in [0.717, 1.165) is 6.20 Å². The fourth-order valence-electron chi connectivity index (χ4n) is 1.82. The second kappa shape index (κ2) is 4.79. The van der Waals surface area contributed by atoms with Crippen LogP contribution >= 0.6 is 11.6 Å². The lowest BCUT2D eigenvalue weighted by Gasteiger charge is -2.24. The summed E-state index contributed by atoms with van der Waals surface area (Å²) in [4.78, 5) is 22.8. The lowest BCUT2D eigenvalue weighted by atomic mass is 10.00. The molecular formula is C10H10ClN3O5. The number of ether oxygens (including phenoxy) is 1. The second-order valence-corrected chi connectivity index (χ2v) is 4.58. The number of aromatic amines is 1. The van der Waals surface area contributed by atoms with Crippen LogP contribution in [0.15, 0.2) is 15.8 Å². The zero-order chi connectivity index (χ0) is 14.2. The first-order valence-electron chi connectivity index (χ1n) is 5.23. The van der Waals surface area contributed by atoms with Gasteiger partial charge in [0.25, 0.3) is 5.56 Å². The van der Waals surface area contributed by atoms with Gasteiger partial charge in [-0.1, -0.05) is 17.5 Å². The van der Waals surface area contributed by atoms with E-state index in [1.807, 2.05) is 4.98 Å². The van der Waals surface area contributed by atoms with Gasteiger partial charge in [0.15, 0.2) is 11.1 Å². The van der Waals surface area contributed by atoms with Gasteiger partial charge in [-0.15, -0.1) is 6.42 Å². The molecule has 102 valence electrons. The number of aliphatic hydroxyl groups excluding tert-OH is 2. The van der Waals surface area contributed by atoms with Crippen LogP contribution in [0.3, 0.4) is 0 Å². The Hall–Kier alpha value is -1.66. The van der Waals surface area contributed by atoms with Crippen LogP contribution in [0.5, 0.6) is 0 Å². The number of rotatable bonds is 2. The van der Waals surface area contributed by atoms with Gasteiger partial charge in [-0.3, -0.25) is 9.78 Å². The van der Waals surface area contributed by atoms with E-state index in [0.29, 0.717) is 4.68 Å². The average Bonchev–Trinajstić information content (AvgIpc) is 2.63. The highest BCUT2D eigenvalue weighted by Gasteiger charge is 2.56. The minimum atomic E-state index is -1.78. The van der Waals surface area contributed by atoms with E-state index in [9.17, 15) is 14.7 Å². The van der Waals surface area contributed by atoms with Crippen LogP contribution in [0.2, 0.25) is 0 Å². The maximum absolute atomic E-state index is 11.6. The molecule has 0 aliphatic carbocycles. The van der Waals surface area contributed by atoms with Crippen molar-refractivity contribution in [3.8, 4) is 12.3 Å². The highest BCUT2D eigenvalue weighted by atomic mass is 35.5. The fraction of sp³-hybridized carbons (Fsp3) is 0.500. The van der Waals surface area contributed by atoms with E-state index < -0.39 is 41.2 Å². The molecule has 0 spiro atoms. The first kappa shape index (κ1) is 13.8. The summed E-state index contributed by atoms with van der Waals surface area (Å²) in [6.45, 7) is -0.536. The summed E-state index contributed by atoms with van der Waals surface area (Å²) in [7, 11) is 0. The van der Waals surface area contributed by atoms with Crippen molar-refractivity contribution in [2.45, 2.75) is 23.3 Å². The second-order valence-electron chi connectivity index (χ2n) is 3.95. The molecule has 0 radical (unpaired) electrons. The Morgan fingerprint density at radius 2 is 2.37 bits per heavy atom. The van der Waals surface area contributed by atoms with Crippen LogP contribution in [-0.2, 0) is 4.74 Å². The molecule has 0 aromatic carbocycles. The predicted molar refractivity (Wildman–Crippen MR) is 63.5 cm³/mol. The van der Waals surface area contributed by atoms with Gasteiger partial charge < -0.3 is 14.9 Å². The predicted octanol–water partition coefficient (Wildman–Crippen LogP) is -2.21. The molecule has 0 bridgehead atoms. The normalized spacial score (nSPS) is 34.1. The molecule has 1 aromatic rings. The first-order chi connectivity index (χ1) is 8.93. The van der Waals surface area contributed by atoms with Crippen molar-refractivity contribution in [2.75, 3.05) is 6.61 Å². The topological polar surface area (TPSA) is 117 Å². The lowest BCUT2D eigenvalue weighted by Crippen LogP contribution is -2.45. The quantitative estimate of drug-likeness (QED) is 0.419. The van der Waals surface area contributed by atoms with Crippen LogP contribution in [-0.4, -0.2) is 48.7 Å². The van der Waals surface area contributed by atoms with Crippen molar-refractivity contribution in [3.63, 3.8) is 0 Å². The number of hydrogen-bond acceptors (Lipinski definition) is 6. The molecule has 1 unspecified atom stereocenters. The van der Waals surface area contributed by atoms with Crippen LogP contribution in [0.4, 0.5) is 0 Å². The number of hydrogen-bond donors (Lipinski definition) is 3. The minimum Gasteiger partial charge on any atom is -0.394 e. The largest absolute Gasteiger partial charge is 0.394 e. The van der Waals surface area contributed by atoms with E-state index in [1.165, 1.54) is 0 Å². The Balaban J connectivity index is 2.52. The van der Waals surface area contributed by atoms with Gasteiger partial charge in [0, 0.05) is 0 Å². The van der Waals surface area contributed by atoms with Crippen molar-refractivity contribution in [1.82, 2.24) is 14.8 Å². The average molecular weight is 288 g/mol. The molecule has 2 rings (SSSR count). The Kier molecular flexibility index (Phi) is 3.47. The number of halogens is 1. The number of aliphatic hydroxyl groups is 2. The van der Waals surface area contributed by atoms with Crippen LogP contribution in [0, 0.1) is 12.3 Å². The third kappa shape index (κ3) is 2.06. The van der Waals surface area contributed by atoms with Gasteiger partial charge in [-0.25, -0.2) is 4.79 Å². The molecule has 1 aliphatic heterocycles. The lowest BCUT2D eigenvalue weighted by molar-refractivity contribution is -0.0514. The minimum absolute atomic E-state index is 0.536. The Bertz CT molecular complexity index is 635. The summed E-state index contributed by atoms with van der Waals surface area (Å²) in [5.74, 6) is 2.13. The number of aromatic nitrogens is 3. The standard InChI is InChI=1S/C10H10ClN3O5/c1-2-10(11)7(17)5(4-15)19-8(10)14-9(18)13-6(16)3-12-14/h1,3,5,7-8,15,17H,4H2,(H,13,16,18)/t5-,7?,8-,10-/m1/s1. The summed E-state index contributed by atoms with van der Waals surface area (Å²) >= 11 is 6.08. The Morgan fingerprint density at radius 1 is 1.68 bits per heavy atom. The van der Waals surface area contributed by atoms with E-state index in [4.69, 9.17) is 27.9 Å². The van der Waals surface area contributed by atoms with Crippen molar-refractivity contribution in [2.24, 2.45) is 0 Å². The number of H-pyrrole nitrogens is 1. The Labute approximate surface area is 111 Å². The smallest absolute Gasteiger partial charge is 0.347 e. The van der Waals surface area contributed by atoms with E-state index in [1.54, 1.807) is 0 Å². The van der Waals surface area contributed by atoms with Crippen LogP contribution in [0.25, 0.3) is 0 Å². The Morgan fingerprint density at radius 3 is 2.89 bits per heavy atom. The molecule has 19 heavy (non-hydrogen) atoms. The van der Waals surface area contributed by atoms with Gasteiger partial charge in [0.2, 0.25) is 0 Å². The van der Waals surface area contributed by atoms with Gasteiger partial charge >= 0.3 is 5.69 Å². The van der Waals surface area contributed by atoms with Crippen molar-refractivity contribution >= 4 is 11.6 Å². The maximum Gasteiger partial charge on any atom is 0.347 e. The maximum atomic E-state index is 11.6. The highest BCUT2D eigenvalue weighted by Crippen LogP contribution is 2.41. The summed E-state index contributed by atoms with van der Waals surface area (Å²) in [5.41, 5.74) is -1.58. The van der Waals surface area contributed by atoms with Crippen molar-refractivity contribution < 1.29 is 14.9 Å². The molecule has 9 heteroatoms. The fourth-order valence-corrected chi connectivity index (χ4v) is 2.10. The van der Waals surface area contributed by atoms with E-state index in [2.05, 4.69) is 11.0 Å². The van der Waals surface area contributed by atoms with Crippen molar-refractivity contribution in [3.05, 3.63) is 27.0 Å². The van der Waals surface area contributed by atoms with Gasteiger partial charge in [-0.05, 0) is 0 Å². The summed E-state index contributed by atoms with van der Waals surface area (Å²) in [5, 5.41) is 22.5. The molecular weight excluding hydrogens is 278 g/mol. The molecule has 1 aliphatic rings. The number of terminal acetylenes is 1. The van der Waals surface area contributed by atoms with Crippen molar-refractivity contribution in [1.29, 1.82) is 0 Å². The zero-order valence-electron chi connectivity index (χ0n) is 9.49. The van der Waals surface area contributed by atoms with Gasteiger partial charge in [0.1, 0.15) is 18.4 Å². The summed E-state index contributed by atoms with van der Waals surface area (Å²) < 4.78 is 5.96. The number of alkyl halides is 1. The molecule has 1 aromatic heterocycles. The van der Waals surface area contributed by atoms with Crippen LogP contribution in [0.1, 0.15) is 6.23 Å². The summed E-state index contributed by atoms with van der Waals surface area (Å²) in [6.07, 6.45) is 2.35. The van der Waals surface area contributed by atoms with Crippen LogP contribution < -0.4 is 11.2 Å². The van der Waals surface area contributed by atoms with Gasteiger partial charge in [-0.2, -0.15) is 9.78 Å². The molecule has 1 fully saturated rings. The molecule has 8 nitrogen and oxygen atoms in total. The van der Waals surface area contributed by atoms with E-state index >= 15 is 0 Å². The molecule has 1 saturated heterocycles. The number of nitrogens with zero attached hydrogens (tertiary/aromatic N) is 2. The zero-order valence-corrected chi connectivity index (χ0v) is 10.2. The summed E-state index contributed by atoms with van der Waals surface area (Å²) in [6, 6.07) is 0. The molecule has 0 amide bonds. The molecule has 2 heterocycles. The van der Waals surface area contributed by atoms with Gasteiger partial charge in [0.05, 0.1) is 6.61 Å². The monoisotopic (exact) mass is 287 g/mol. The third-order valence-electron chi connectivity index (χ3n) is 2.81. The first-order valence-corrected chi connectivity index (χ1v) is 5.61. The SMILES string of the molecule is C#C[C@@]1(Cl)C(O)[C@@H](CO)O[C@H]1n1ncc(=O)[nH]c1=O. The number of nitrogens with one attached hydrogen (secondary N) is 1. The molecule has 0 saturated carbocycles.